The first-order chi connectivity index (χ1) is 14.5. The number of benzene rings is 2. The van der Waals surface area contributed by atoms with Gasteiger partial charge in [-0.1, -0.05) is 11.8 Å². The zero-order chi connectivity index (χ0) is 21.5. The minimum absolute atomic E-state index is 0.000421. The number of nitrogens with one attached hydrogen (secondary N) is 2. The molecular formula is C20H20N4O5S. The Bertz CT molecular complexity index is 991. The molecule has 2 aromatic rings. The summed E-state index contributed by atoms with van der Waals surface area (Å²) in [6.45, 7) is 0. The molecule has 0 aliphatic carbocycles. The lowest BCUT2D eigenvalue weighted by Crippen LogP contribution is -2.28. The summed E-state index contributed by atoms with van der Waals surface area (Å²) in [7, 11) is 3.01. The first kappa shape index (κ1) is 21.2. The number of amidine groups is 1. The van der Waals surface area contributed by atoms with Crippen molar-refractivity contribution in [1.82, 2.24) is 5.32 Å². The highest BCUT2D eigenvalue weighted by Gasteiger charge is 2.32. The van der Waals surface area contributed by atoms with Gasteiger partial charge in [-0.05, 0) is 48.0 Å². The maximum absolute atomic E-state index is 12.2. The van der Waals surface area contributed by atoms with Crippen molar-refractivity contribution in [2.75, 3.05) is 19.5 Å². The van der Waals surface area contributed by atoms with Crippen LogP contribution in [0.5, 0.6) is 17.2 Å². The zero-order valence-corrected chi connectivity index (χ0v) is 17.1. The molecule has 2 amide bonds. The molecule has 2 aromatic carbocycles. The van der Waals surface area contributed by atoms with Crippen LogP contribution >= 0.6 is 11.8 Å². The third-order valence-corrected chi connectivity index (χ3v) is 5.15. The highest BCUT2D eigenvalue weighted by Crippen LogP contribution is 2.26. The van der Waals surface area contributed by atoms with Crippen LogP contribution in [-0.2, 0) is 9.59 Å². The number of carbonyl (C=O) groups is 2. The van der Waals surface area contributed by atoms with Crippen LogP contribution in [-0.4, -0.2) is 47.8 Å². The van der Waals surface area contributed by atoms with E-state index >= 15 is 0 Å². The lowest BCUT2D eigenvalue weighted by molar-refractivity contribution is -0.122. The largest absolute Gasteiger partial charge is 0.504 e. The van der Waals surface area contributed by atoms with Crippen molar-refractivity contribution < 1.29 is 24.2 Å². The second-order valence-electron chi connectivity index (χ2n) is 6.16. The quantitative estimate of drug-likeness (QED) is 0.460. The van der Waals surface area contributed by atoms with Gasteiger partial charge in [0.1, 0.15) is 11.0 Å². The number of ether oxygens (including phenoxy) is 2. The predicted octanol–water partition coefficient (Wildman–Crippen LogP) is 2.36. The van der Waals surface area contributed by atoms with Crippen molar-refractivity contribution in [3.8, 4) is 17.2 Å². The molecule has 3 rings (SSSR count). The fourth-order valence-electron chi connectivity index (χ4n) is 2.56. The summed E-state index contributed by atoms with van der Waals surface area (Å²) in [5.41, 5.74) is 1.28. The summed E-state index contributed by atoms with van der Waals surface area (Å²) in [6.07, 6.45) is 1.46. The van der Waals surface area contributed by atoms with Gasteiger partial charge in [0.2, 0.25) is 11.8 Å². The SMILES string of the molecule is COc1ccc(NC(=O)CC2S/C(=N\N=C/c3ccc(O)c(OC)c3)NC2=O)cc1. The third-order valence-electron chi connectivity index (χ3n) is 4.08. The van der Waals surface area contributed by atoms with E-state index in [1.165, 1.54) is 19.4 Å². The Balaban J connectivity index is 1.55. The number of phenols is 1. The van der Waals surface area contributed by atoms with Gasteiger partial charge in [-0.2, -0.15) is 5.10 Å². The van der Waals surface area contributed by atoms with Gasteiger partial charge in [-0.25, -0.2) is 0 Å². The van der Waals surface area contributed by atoms with Gasteiger partial charge in [-0.15, -0.1) is 5.10 Å². The van der Waals surface area contributed by atoms with Gasteiger partial charge in [0.05, 0.1) is 20.4 Å². The maximum atomic E-state index is 12.2. The van der Waals surface area contributed by atoms with Crippen molar-refractivity contribution in [1.29, 1.82) is 0 Å². The molecule has 0 bridgehead atoms. The second kappa shape index (κ2) is 9.79. The monoisotopic (exact) mass is 428 g/mol. The number of carbonyl (C=O) groups excluding carboxylic acids is 2. The lowest BCUT2D eigenvalue weighted by atomic mass is 10.2. The third kappa shape index (κ3) is 5.51. The molecule has 1 atom stereocenters. The van der Waals surface area contributed by atoms with Crippen molar-refractivity contribution in [2.45, 2.75) is 11.7 Å². The van der Waals surface area contributed by atoms with E-state index in [1.54, 1.807) is 43.5 Å². The average molecular weight is 428 g/mol. The van der Waals surface area contributed by atoms with Gasteiger partial charge in [0, 0.05) is 12.1 Å². The molecule has 9 nitrogen and oxygen atoms in total. The Labute approximate surface area is 177 Å². The molecule has 1 unspecified atom stereocenters. The standard InChI is InChI=1S/C20H20N4O5S/c1-28-14-6-4-13(5-7-14)22-18(26)10-17-19(27)23-20(30-17)24-21-11-12-3-8-15(25)16(9-12)29-2/h3-9,11,17,25H,10H2,1-2H3,(H,22,26)(H,23,24,27)/b21-11-. The summed E-state index contributed by atoms with van der Waals surface area (Å²) in [5, 5.41) is 22.6. The smallest absolute Gasteiger partial charge is 0.240 e. The average Bonchev–Trinajstić information content (AvgIpc) is 3.08. The first-order valence-electron chi connectivity index (χ1n) is 8.88. The Morgan fingerprint density at radius 1 is 1.23 bits per heavy atom. The van der Waals surface area contributed by atoms with Crippen LogP contribution in [0.1, 0.15) is 12.0 Å². The van der Waals surface area contributed by atoms with E-state index in [2.05, 4.69) is 20.8 Å². The number of aromatic hydroxyl groups is 1. The highest BCUT2D eigenvalue weighted by molar-refractivity contribution is 8.15. The van der Waals surface area contributed by atoms with E-state index in [0.29, 0.717) is 27.9 Å². The molecular weight excluding hydrogens is 408 g/mol. The molecule has 10 heteroatoms. The van der Waals surface area contributed by atoms with Crippen LogP contribution in [0.4, 0.5) is 5.69 Å². The minimum Gasteiger partial charge on any atom is -0.504 e. The lowest BCUT2D eigenvalue weighted by Gasteiger charge is -2.08. The van der Waals surface area contributed by atoms with E-state index in [9.17, 15) is 14.7 Å². The van der Waals surface area contributed by atoms with E-state index in [1.807, 2.05) is 0 Å². The van der Waals surface area contributed by atoms with Crippen molar-refractivity contribution in [3.05, 3.63) is 48.0 Å². The predicted molar refractivity (Wildman–Crippen MR) is 115 cm³/mol. The van der Waals surface area contributed by atoms with Crippen LogP contribution in [0.15, 0.2) is 52.7 Å². The van der Waals surface area contributed by atoms with Gasteiger partial charge >= 0.3 is 0 Å². The minimum atomic E-state index is -0.592. The van der Waals surface area contributed by atoms with E-state index < -0.39 is 5.25 Å². The molecule has 0 saturated carbocycles. The second-order valence-corrected chi connectivity index (χ2v) is 7.35. The molecule has 0 aromatic heterocycles. The van der Waals surface area contributed by atoms with E-state index in [-0.39, 0.29) is 24.0 Å². The molecule has 0 spiro atoms. The molecule has 3 N–H and O–H groups in total. The van der Waals surface area contributed by atoms with E-state index in [4.69, 9.17) is 9.47 Å². The maximum Gasteiger partial charge on any atom is 0.240 e. The Morgan fingerprint density at radius 2 is 2.00 bits per heavy atom. The van der Waals surface area contributed by atoms with Crippen LogP contribution in [0, 0.1) is 0 Å². The molecule has 1 saturated heterocycles. The number of phenolic OH excluding ortho intramolecular Hbond substituents is 1. The number of nitrogens with zero attached hydrogens (tertiary/aromatic N) is 2. The first-order valence-corrected chi connectivity index (χ1v) is 9.76. The number of thioether (sulfide) groups is 1. The molecule has 1 fully saturated rings. The Kier molecular flexibility index (Phi) is 6.91. The van der Waals surface area contributed by atoms with Crippen LogP contribution < -0.4 is 20.1 Å². The van der Waals surface area contributed by atoms with Crippen LogP contribution in [0.2, 0.25) is 0 Å². The number of hydrogen-bond acceptors (Lipinski definition) is 8. The summed E-state index contributed by atoms with van der Waals surface area (Å²) < 4.78 is 10.1. The van der Waals surface area contributed by atoms with Gasteiger partial charge in [0.15, 0.2) is 16.7 Å². The summed E-state index contributed by atoms with van der Waals surface area (Å²) in [6, 6.07) is 11.6. The molecule has 1 heterocycles. The van der Waals surface area contributed by atoms with Crippen molar-refractivity contribution >= 4 is 40.6 Å². The molecule has 156 valence electrons. The van der Waals surface area contributed by atoms with Gasteiger partial charge in [-0.3, -0.25) is 9.59 Å². The molecule has 0 radical (unpaired) electrons. The van der Waals surface area contributed by atoms with E-state index in [0.717, 1.165) is 11.8 Å². The van der Waals surface area contributed by atoms with Crippen LogP contribution in [0.25, 0.3) is 0 Å². The number of hydrogen-bond donors (Lipinski definition) is 3. The van der Waals surface area contributed by atoms with Gasteiger partial charge < -0.3 is 25.2 Å². The summed E-state index contributed by atoms with van der Waals surface area (Å²) >= 11 is 1.14. The summed E-state index contributed by atoms with van der Waals surface area (Å²) in [4.78, 5) is 24.3. The number of methoxy groups -OCH3 is 2. The highest BCUT2D eigenvalue weighted by atomic mass is 32.2. The molecule has 1 aliphatic heterocycles. The zero-order valence-electron chi connectivity index (χ0n) is 16.3. The Hall–Kier alpha value is -3.53. The number of amides is 2. The fraction of sp³-hybridized carbons (Fsp3) is 0.200. The number of rotatable bonds is 7. The van der Waals surface area contributed by atoms with Crippen molar-refractivity contribution in [3.63, 3.8) is 0 Å². The molecule has 30 heavy (non-hydrogen) atoms. The Morgan fingerprint density at radius 3 is 2.70 bits per heavy atom. The normalized spacial score (nSPS) is 17.2. The van der Waals surface area contributed by atoms with Crippen molar-refractivity contribution in [2.24, 2.45) is 10.2 Å². The summed E-state index contributed by atoms with van der Waals surface area (Å²) in [5.74, 6) is 0.443. The van der Waals surface area contributed by atoms with Gasteiger partial charge in [0.25, 0.3) is 0 Å². The number of anilines is 1. The molecule has 1 aliphatic rings. The fourth-order valence-corrected chi connectivity index (χ4v) is 3.49. The van der Waals surface area contributed by atoms with Crippen LogP contribution in [0.3, 0.4) is 0 Å². The topological polar surface area (TPSA) is 122 Å².